The van der Waals surface area contributed by atoms with E-state index in [4.69, 9.17) is 4.74 Å². The fourth-order valence-corrected chi connectivity index (χ4v) is 2.49. The zero-order valence-corrected chi connectivity index (χ0v) is 13.4. The van der Waals surface area contributed by atoms with E-state index in [9.17, 15) is 9.59 Å². The molecule has 0 saturated carbocycles. The van der Waals surface area contributed by atoms with Crippen LogP contribution in [0.2, 0.25) is 0 Å². The average molecular weight is 322 g/mol. The van der Waals surface area contributed by atoms with Crippen LogP contribution in [0.1, 0.15) is 22.8 Å². The number of esters is 1. The van der Waals surface area contributed by atoms with E-state index in [1.807, 2.05) is 41.1 Å². The third-order valence-corrected chi connectivity index (χ3v) is 3.64. The molecule has 2 heterocycles. The number of benzene rings is 1. The molecule has 5 nitrogen and oxygen atoms in total. The minimum absolute atomic E-state index is 0.0766. The van der Waals surface area contributed by atoms with Crippen molar-refractivity contribution in [3.8, 4) is 5.69 Å². The molecule has 122 valence electrons. The Kier molecular flexibility index (Phi) is 4.61. The molecule has 3 rings (SSSR count). The average Bonchev–Trinajstić information content (AvgIpc) is 3.25. The predicted octanol–water partition coefficient (Wildman–Crippen LogP) is 3.07. The van der Waals surface area contributed by atoms with E-state index in [1.165, 1.54) is 0 Å². The van der Waals surface area contributed by atoms with Crippen LogP contribution in [0, 0.1) is 0 Å². The van der Waals surface area contributed by atoms with E-state index in [1.54, 1.807) is 42.2 Å². The number of hydrogen-bond acceptors (Lipinski definition) is 3. The molecule has 0 bridgehead atoms. The molecule has 0 unspecified atom stereocenters. The summed E-state index contributed by atoms with van der Waals surface area (Å²) < 4.78 is 8.46. The molecule has 0 fully saturated rings. The standard InChI is InChI=1S/C19H18N2O3/c1-2-24-18(22)14-20-10-8-15(12-20)19(23)16-9-11-21(13-16)17-6-4-3-5-7-17/h3-13H,2,14H2,1H3. The molecule has 0 saturated heterocycles. The van der Waals surface area contributed by atoms with Gasteiger partial charge in [0.2, 0.25) is 0 Å². The lowest BCUT2D eigenvalue weighted by atomic mass is 10.1. The van der Waals surface area contributed by atoms with E-state index in [0.29, 0.717) is 17.7 Å². The van der Waals surface area contributed by atoms with Crippen molar-refractivity contribution in [2.24, 2.45) is 0 Å². The molecule has 0 aliphatic heterocycles. The highest BCUT2D eigenvalue weighted by Gasteiger charge is 2.13. The summed E-state index contributed by atoms with van der Waals surface area (Å²) in [6.45, 7) is 2.21. The molecule has 0 aliphatic rings. The summed E-state index contributed by atoms with van der Waals surface area (Å²) in [5.74, 6) is -0.394. The Bertz CT molecular complexity index is 846. The normalized spacial score (nSPS) is 10.5. The largest absolute Gasteiger partial charge is 0.465 e. The Labute approximate surface area is 140 Å². The molecule has 0 N–H and O–H groups in total. The van der Waals surface area contributed by atoms with Crippen molar-refractivity contribution in [1.29, 1.82) is 0 Å². The lowest BCUT2D eigenvalue weighted by molar-refractivity contribution is -0.143. The summed E-state index contributed by atoms with van der Waals surface area (Å²) in [5.41, 5.74) is 2.15. The lowest BCUT2D eigenvalue weighted by Gasteiger charge is -2.02. The molecule has 1 aromatic carbocycles. The van der Waals surface area contributed by atoms with Crippen LogP contribution in [0.5, 0.6) is 0 Å². The van der Waals surface area contributed by atoms with Gasteiger partial charge in [-0.1, -0.05) is 18.2 Å². The van der Waals surface area contributed by atoms with Crippen molar-refractivity contribution in [3.05, 3.63) is 78.4 Å². The summed E-state index contributed by atoms with van der Waals surface area (Å²) in [6.07, 6.45) is 7.04. The molecule has 0 spiro atoms. The molecule has 3 aromatic rings. The number of ether oxygens (including phenoxy) is 1. The van der Waals surface area contributed by atoms with Gasteiger partial charge in [0, 0.05) is 41.6 Å². The Morgan fingerprint density at radius 2 is 1.67 bits per heavy atom. The first-order chi connectivity index (χ1) is 11.7. The Morgan fingerprint density at radius 3 is 2.42 bits per heavy atom. The van der Waals surface area contributed by atoms with Crippen LogP contribution in [0.3, 0.4) is 0 Å². The number of para-hydroxylation sites is 1. The minimum atomic E-state index is -0.317. The number of carbonyl (C=O) groups excluding carboxylic acids is 2. The monoisotopic (exact) mass is 322 g/mol. The summed E-state index contributed by atoms with van der Waals surface area (Å²) in [7, 11) is 0. The number of nitrogens with zero attached hydrogens (tertiary/aromatic N) is 2. The lowest BCUT2D eigenvalue weighted by Crippen LogP contribution is -2.12. The van der Waals surface area contributed by atoms with E-state index >= 15 is 0 Å². The highest BCUT2D eigenvalue weighted by Crippen LogP contribution is 2.15. The molecule has 0 aliphatic carbocycles. The fraction of sp³-hybridized carbons (Fsp3) is 0.158. The van der Waals surface area contributed by atoms with Crippen LogP contribution in [0.25, 0.3) is 5.69 Å². The van der Waals surface area contributed by atoms with Crippen LogP contribution < -0.4 is 0 Å². The number of hydrogen-bond donors (Lipinski definition) is 0. The molecule has 0 radical (unpaired) electrons. The van der Waals surface area contributed by atoms with Gasteiger partial charge in [-0.2, -0.15) is 0 Å². The Morgan fingerprint density at radius 1 is 0.958 bits per heavy atom. The van der Waals surface area contributed by atoms with Gasteiger partial charge in [-0.05, 0) is 31.2 Å². The molecule has 5 heteroatoms. The second-order valence-corrected chi connectivity index (χ2v) is 5.35. The van der Waals surface area contributed by atoms with Gasteiger partial charge >= 0.3 is 5.97 Å². The van der Waals surface area contributed by atoms with E-state index < -0.39 is 0 Å². The quantitative estimate of drug-likeness (QED) is 0.518. The van der Waals surface area contributed by atoms with Gasteiger partial charge in [-0.3, -0.25) is 9.59 Å². The van der Waals surface area contributed by atoms with Crippen LogP contribution in [-0.2, 0) is 16.1 Å². The van der Waals surface area contributed by atoms with Crippen molar-refractivity contribution in [1.82, 2.24) is 9.13 Å². The first kappa shape index (κ1) is 15.8. The molecule has 24 heavy (non-hydrogen) atoms. The number of carbonyl (C=O) groups is 2. The van der Waals surface area contributed by atoms with Crippen molar-refractivity contribution in [2.45, 2.75) is 13.5 Å². The van der Waals surface area contributed by atoms with Crippen LogP contribution in [-0.4, -0.2) is 27.5 Å². The summed E-state index contributed by atoms with van der Waals surface area (Å²) in [4.78, 5) is 24.1. The van der Waals surface area contributed by atoms with Crippen molar-refractivity contribution >= 4 is 11.8 Å². The van der Waals surface area contributed by atoms with E-state index in [0.717, 1.165) is 5.69 Å². The van der Waals surface area contributed by atoms with Crippen LogP contribution >= 0.6 is 0 Å². The van der Waals surface area contributed by atoms with Gasteiger partial charge in [0.1, 0.15) is 6.54 Å². The Balaban J connectivity index is 1.74. The number of ketones is 1. The molecule has 0 atom stereocenters. The van der Waals surface area contributed by atoms with Gasteiger partial charge in [0.25, 0.3) is 0 Å². The van der Waals surface area contributed by atoms with Gasteiger partial charge in [0.15, 0.2) is 5.78 Å². The van der Waals surface area contributed by atoms with E-state index in [-0.39, 0.29) is 18.3 Å². The first-order valence-corrected chi connectivity index (χ1v) is 7.77. The predicted molar refractivity (Wildman–Crippen MR) is 90.3 cm³/mol. The second-order valence-electron chi connectivity index (χ2n) is 5.35. The number of aromatic nitrogens is 2. The zero-order valence-electron chi connectivity index (χ0n) is 13.4. The summed E-state index contributed by atoms with van der Waals surface area (Å²) >= 11 is 0. The van der Waals surface area contributed by atoms with Crippen LogP contribution in [0.15, 0.2) is 67.3 Å². The highest BCUT2D eigenvalue weighted by atomic mass is 16.5. The second kappa shape index (κ2) is 7.00. The fourth-order valence-electron chi connectivity index (χ4n) is 2.49. The summed E-state index contributed by atoms with van der Waals surface area (Å²) in [5, 5.41) is 0. The number of rotatable bonds is 6. The van der Waals surface area contributed by atoms with Gasteiger partial charge in [0.05, 0.1) is 6.61 Å². The molecule has 0 amide bonds. The van der Waals surface area contributed by atoms with Crippen molar-refractivity contribution in [3.63, 3.8) is 0 Å². The van der Waals surface area contributed by atoms with Gasteiger partial charge < -0.3 is 13.9 Å². The highest BCUT2D eigenvalue weighted by molar-refractivity contribution is 6.08. The molecular formula is C19H18N2O3. The topological polar surface area (TPSA) is 53.2 Å². The molecular weight excluding hydrogens is 304 g/mol. The van der Waals surface area contributed by atoms with Gasteiger partial charge in [-0.15, -0.1) is 0 Å². The minimum Gasteiger partial charge on any atom is -0.465 e. The van der Waals surface area contributed by atoms with Crippen LogP contribution in [0.4, 0.5) is 0 Å². The molecule has 2 aromatic heterocycles. The van der Waals surface area contributed by atoms with Gasteiger partial charge in [-0.25, -0.2) is 0 Å². The maximum atomic E-state index is 12.6. The van der Waals surface area contributed by atoms with E-state index in [2.05, 4.69) is 0 Å². The summed E-state index contributed by atoms with van der Waals surface area (Å²) in [6, 6.07) is 13.3. The Hall–Kier alpha value is -3.08. The smallest absolute Gasteiger partial charge is 0.325 e. The SMILES string of the molecule is CCOC(=O)Cn1ccc(C(=O)c2ccn(-c3ccccc3)c2)c1. The maximum absolute atomic E-state index is 12.6. The first-order valence-electron chi connectivity index (χ1n) is 7.77. The van der Waals surface area contributed by atoms with Crippen molar-refractivity contribution < 1.29 is 14.3 Å². The third kappa shape index (κ3) is 3.46. The maximum Gasteiger partial charge on any atom is 0.325 e. The zero-order chi connectivity index (χ0) is 16.9. The third-order valence-electron chi connectivity index (χ3n) is 3.64. The van der Waals surface area contributed by atoms with Crippen molar-refractivity contribution in [2.75, 3.05) is 6.61 Å².